The summed E-state index contributed by atoms with van der Waals surface area (Å²) < 4.78 is 5.38. The quantitative estimate of drug-likeness (QED) is 0.751. The van der Waals surface area contributed by atoms with Crippen LogP contribution >= 0.6 is 0 Å². The molecule has 3 atom stereocenters. The van der Waals surface area contributed by atoms with Crippen molar-refractivity contribution in [2.24, 2.45) is 11.8 Å². The molecule has 0 aromatic rings. The maximum Gasteiger partial charge on any atom is 0.326 e. The lowest BCUT2D eigenvalue weighted by Crippen LogP contribution is -2.58. The highest BCUT2D eigenvalue weighted by molar-refractivity contribution is 5.81. The molecule has 0 saturated heterocycles. The van der Waals surface area contributed by atoms with Crippen LogP contribution in [0.25, 0.3) is 0 Å². The van der Waals surface area contributed by atoms with E-state index in [0.717, 1.165) is 37.5 Å². The number of nitrogens with one attached hydrogen (secondary N) is 1. The zero-order valence-corrected chi connectivity index (χ0v) is 12.7. The Hall–Kier alpha value is -0.570. The molecule has 110 valence electrons. The first-order chi connectivity index (χ1) is 9.11. The summed E-state index contributed by atoms with van der Waals surface area (Å²) in [6.45, 7) is 6.71. The van der Waals surface area contributed by atoms with E-state index in [-0.39, 0.29) is 5.97 Å². The van der Waals surface area contributed by atoms with Gasteiger partial charge in [-0.1, -0.05) is 19.8 Å². The molecule has 3 unspecified atom stereocenters. The van der Waals surface area contributed by atoms with Crippen molar-refractivity contribution >= 4 is 5.97 Å². The number of hydrogen-bond donors (Lipinski definition) is 1. The monoisotopic (exact) mass is 267 g/mol. The molecule has 2 aliphatic carbocycles. The van der Waals surface area contributed by atoms with Gasteiger partial charge in [0.2, 0.25) is 0 Å². The minimum absolute atomic E-state index is 0.0133. The molecule has 2 rings (SSSR count). The van der Waals surface area contributed by atoms with Crippen LogP contribution in [0.5, 0.6) is 0 Å². The average Bonchev–Trinajstić information content (AvgIpc) is 3.23. The Labute approximate surface area is 117 Å². The zero-order chi connectivity index (χ0) is 13.9. The van der Waals surface area contributed by atoms with Gasteiger partial charge in [-0.25, -0.2) is 0 Å². The molecule has 0 aromatic carbocycles. The van der Waals surface area contributed by atoms with Gasteiger partial charge in [0.1, 0.15) is 5.54 Å². The van der Waals surface area contributed by atoms with Crippen molar-refractivity contribution in [2.45, 2.75) is 77.3 Å². The maximum atomic E-state index is 12.5. The number of ether oxygens (including phenoxy) is 1. The molecule has 0 aliphatic heterocycles. The highest BCUT2D eigenvalue weighted by atomic mass is 16.5. The average molecular weight is 267 g/mol. The third-order valence-electron chi connectivity index (χ3n) is 4.88. The van der Waals surface area contributed by atoms with Gasteiger partial charge in [0.15, 0.2) is 0 Å². The molecular weight excluding hydrogens is 238 g/mol. The second-order valence-electron chi connectivity index (χ2n) is 6.45. The summed E-state index contributed by atoms with van der Waals surface area (Å²) in [6, 6.07) is 0.377. The van der Waals surface area contributed by atoms with Gasteiger partial charge in [0.05, 0.1) is 6.61 Å². The Morgan fingerprint density at radius 1 is 1.32 bits per heavy atom. The van der Waals surface area contributed by atoms with Gasteiger partial charge in [-0.3, -0.25) is 10.1 Å². The van der Waals surface area contributed by atoms with Crippen LogP contribution in [0.15, 0.2) is 0 Å². The predicted molar refractivity (Wildman–Crippen MR) is 76.9 cm³/mol. The molecule has 19 heavy (non-hydrogen) atoms. The van der Waals surface area contributed by atoms with Gasteiger partial charge in [-0.15, -0.1) is 0 Å². The van der Waals surface area contributed by atoms with Gasteiger partial charge in [-0.2, -0.15) is 0 Å². The number of hydrogen-bond acceptors (Lipinski definition) is 3. The molecule has 0 aromatic heterocycles. The van der Waals surface area contributed by atoms with E-state index >= 15 is 0 Å². The van der Waals surface area contributed by atoms with Crippen LogP contribution < -0.4 is 5.32 Å². The Balaban J connectivity index is 2.09. The smallest absolute Gasteiger partial charge is 0.326 e. The van der Waals surface area contributed by atoms with Crippen LogP contribution in [-0.2, 0) is 9.53 Å². The number of esters is 1. The summed E-state index contributed by atoms with van der Waals surface area (Å²) in [5.74, 6) is 1.60. The summed E-state index contributed by atoms with van der Waals surface area (Å²) in [5, 5.41) is 3.60. The lowest BCUT2D eigenvalue weighted by Gasteiger charge is -2.41. The fraction of sp³-hybridized carbons (Fsp3) is 0.938. The van der Waals surface area contributed by atoms with Crippen molar-refractivity contribution < 1.29 is 9.53 Å². The second-order valence-corrected chi connectivity index (χ2v) is 6.45. The van der Waals surface area contributed by atoms with Crippen molar-refractivity contribution in [1.82, 2.24) is 5.32 Å². The zero-order valence-electron chi connectivity index (χ0n) is 12.7. The first-order valence-electron chi connectivity index (χ1n) is 8.06. The Kier molecular flexibility index (Phi) is 4.88. The fourth-order valence-electron chi connectivity index (χ4n) is 3.51. The third kappa shape index (κ3) is 3.50. The van der Waals surface area contributed by atoms with Crippen molar-refractivity contribution in [2.75, 3.05) is 6.61 Å². The van der Waals surface area contributed by atoms with Gasteiger partial charge in [0, 0.05) is 6.04 Å². The van der Waals surface area contributed by atoms with E-state index in [2.05, 4.69) is 19.2 Å². The molecule has 0 heterocycles. The maximum absolute atomic E-state index is 12.5. The van der Waals surface area contributed by atoms with Crippen LogP contribution in [0, 0.1) is 11.8 Å². The van der Waals surface area contributed by atoms with Crippen molar-refractivity contribution in [3.8, 4) is 0 Å². The number of rotatable bonds is 6. The van der Waals surface area contributed by atoms with Gasteiger partial charge in [-0.05, 0) is 57.8 Å². The molecule has 0 bridgehead atoms. The van der Waals surface area contributed by atoms with E-state index in [1.54, 1.807) is 0 Å². The van der Waals surface area contributed by atoms with Crippen LogP contribution in [0.3, 0.4) is 0 Å². The first-order valence-corrected chi connectivity index (χ1v) is 8.06. The molecule has 3 nitrogen and oxygen atoms in total. The highest BCUT2D eigenvalue weighted by Crippen LogP contribution is 2.47. The normalized spacial score (nSPS) is 32.9. The van der Waals surface area contributed by atoms with Crippen LogP contribution in [-0.4, -0.2) is 24.2 Å². The summed E-state index contributed by atoms with van der Waals surface area (Å²) in [7, 11) is 0. The molecule has 2 saturated carbocycles. The third-order valence-corrected chi connectivity index (χ3v) is 4.88. The molecule has 0 spiro atoms. The van der Waals surface area contributed by atoms with Crippen LogP contribution in [0.4, 0.5) is 0 Å². The molecular formula is C16H29NO2. The van der Waals surface area contributed by atoms with E-state index in [0.29, 0.717) is 12.6 Å². The molecule has 1 N–H and O–H groups in total. The lowest BCUT2D eigenvalue weighted by molar-refractivity contribution is -0.154. The molecule has 2 aliphatic rings. The fourth-order valence-corrected chi connectivity index (χ4v) is 3.51. The van der Waals surface area contributed by atoms with E-state index in [4.69, 9.17) is 4.74 Å². The molecule has 2 fully saturated rings. The second kappa shape index (κ2) is 6.25. The number of carbonyl (C=O) groups excluding carboxylic acids is 1. The van der Waals surface area contributed by atoms with Crippen molar-refractivity contribution in [3.63, 3.8) is 0 Å². The first kappa shape index (κ1) is 14.8. The van der Waals surface area contributed by atoms with E-state index < -0.39 is 5.54 Å². The highest BCUT2D eigenvalue weighted by Gasteiger charge is 2.47. The molecule has 0 radical (unpaired) electrons. The Morgan fingerprint density at radius 3 is 2.63 bits per heavy atom. The lowest BCUT2D eigenvalue weighted by atomic mass is 9.73. The van der Waals surface area contributed by atoms with Crippen molar-refractivity contribution in [1.29, 1.82) is 0 Å². The largest absolute Gasteiger partial charge is 0.465 e. The standard InChI is InChI=1S/C16H29NO2/c1-4-12(3)17-16(15(18)19-5-2)10-6-7-14(11-16)13-8-9-13/h12-14,17H,4-11H2,1-3H3. The Bertz CT molecular complexity index is 314. The van der Waals surface area contributed by atoms with Gasteiger partial charge in [0.25, 0.3) is 0 Å². The summed E-state index contributed by atoms with van der Waals surface area (Å²) >= 11 is 0. The summed E-state index contributed by atoms with van der Waals surface area (Å²) in [5.41, 5.74) is -0.406. The van der Waals surface area contributed by atoms with E-state index in [1.165, 1.54) is 19.3 Å². The molecule has 0 amide bonds. The van der Waals surface area contributed by atoms with Crippen LogP contribution in [0.1, 0.15) is 65.7 Å². The van der Waals surface area contributed by atoms with Crippen LogP contribution in [0.2, 0.25) is 0 Å². The van der Waals surface area contributed by atoms with Crippen molar-refractivity contribution in [3.05, 3.63) is 0 Å². The summed E-state index contributed by atoms with van der Waals surface area (Å²) in [4.78, 5) is 12.5. The van der Waals surface area contributed by atoms with Gasteiger partial charge >= 0.3 is 5.97 Å². The number of carbonyl (C=O) groups is 1. The topological polar surface area (TPSA) is 38.3 Å². The van der Waals surface area contributed by atoms with E-state index in [9.17, 15) is 4.79 Å². The van der Waals surface area contributed by atoms with Gasteiger partial charge < -0.3 is 4.74 Å². The minimum Gasteiger partial charge on any atom is -0.465 e. The molecule has 3 heteroatoms. The predicted octanol–water partition coefficient (Wildman–Crippen LogP) is 3.28. The van der Waals surface area contributed by atoms with E-state index in [1.807, 2.05) is 6.92 Å². The minimum atomic E-state index is -0.406. The Morgan fingerprint density at radius 2 is 2.05 bits per heavy atom. The summed E-state index contributed by atoms with van der Waals surface area (Å²) in [6.07, 6.45) is 8.17. The SMILES string of the molecule is CCOC(=O)C1(NC(C)CC)CCCC(C2CC2)C1.